The number of aromatic nitrogens is 1. The predicted molar refractivity (Wildman–Crippen MR) is 74.9 cm³/mol. The van der Waals surface area contributed by atoms with Gasteiger partial charge in [-0.25, -0.2) is 4.98 Å². The summed E-state index contributed by atoms with van der Waals surface area (Å²) in [5.74, 6) is -0.778. The summed E-state index contributed by atoms with van der Waals surface area (Å²) < 4.78 is 5.57. The minimum atomic E-state index is -0.778. The molecule has 0 spiro atoms. The highest BCUT2D eigenvalue weighted by Crippen LogP contribution is 2.30. The Balaban J connectivity index is 2.00. The van der Waals surface area contributed by atoms with E-state index >= 15 is 0 Å². The van der Waals surface area contributed by atoms with Crippen molar-refractivity contribution in [1.29, 1.82) is 0 Å². The smallest absolute Gasteiger partial charge is 0.303 e. The van der Waals surface area contributed by atoms with Gasteiger partial charge in [0, 0.05) is 32.0 Å². The van der Waals surface area contributed by atoms with E-state index in [9.17, 15) is 4.79 Å². The van der Waals surface area contributed by atoms with Crippen LogP contribution in [0.3, 0.4) is 0 Å². The Hall–Kier alpha value is -1.14. The van der Waals surface area contributed by atoms with Crippen LogP contribution in [-0.4, -0.2) is 41.9 Å². The first-order valence-corrected chi connectivity index (χ1v) is 7.37. The van der Waals surface area contributed by atoms with Gasteiger partial charge < -0.3 is 14.7 Å². The summed E-state index contributed by atoms with van der Waals surface area (Å²) in [6.45, 7) is 3.96. The second-order valence-electron chi connectivity index (χ2n) is 5.19. The highest BCUT2D eigenvalue weighted by atomic mass is 32.1. The van der Waals surface area contributed by atoms with E-state index < -0.39 is 5.97 Å². The molecule has 1 saturated heterocycles. The zero-order valence-corrected chi connectivity index (χ0v) is 12.2. The summed E-state index contributed by atoms with van der Waals surface area (Å²) >= 11 is 1.59. The number of nitrogens with zero attached hydrogens (tertiary/aromatic N) is 2. The number of aliphatic carboxylic acids is 1. The molecule has 2 heterocycles. The summed E-state index contributed by atoms with van der Waals surface area (Å²) in [7, 11) is 1.75. The number of carboxylic acids is 1. The third-order valence-electron chi connectivity index (χ3n) is 3.56. The van der Waals surface area contributed by atoms with Gasteiger partial charge in [-0.05, 0) is 19.8 Å². The largest absolute Gasteiger partial charge is 0.481 e. The first kappa shape index (κ1) is 14.3. The van der Waals surface area contributed by atoms with Crippen molar-refractivity contribution >= 4 is 22.4 Å². The van der Waals surface area contributed by atoms with Crippen molar-refractivity contribution in [2.24, 2.45) is 0 Å². The monoisotopic (exact) mass is 284 g/mol. The highest BCUT2D eigenvalue weighted by Gasteiger charge is 2.31. The van der Waals surface area contributed by atoms with Crippen LogP contribution in [0.5, 0.6) is 0 Å². The van der Waals surface area contributed by atoms with E-state index in [1.54, 1.807) is 18.4 Å². The number of hydrogen-bond donors (Lipinski definition) is 1. The number of hydrogen-bond acceptors (Lipinski definition) is 5. The van der Waals surface area contributed by atoms with E-state index in [2.05, 4.69) is 16.8 Å². The van der Waals surface area contributed by atoms with Gasteiger partial charge in [-0.2, -0.15) is 0 Å². The molecule has 1 aromatic rings. The van der Waals surface area contributed by atoms with Gasteiger partial charge in [0.05, 0.1) is 17.7 Å². The fourth-order valence-corrected chi connectivity index (χ4v) is 3.21. The number of ether oxygens (including phenoxy) is 1. The van der Waals surface area contributed by atoms with Crippen molar-refractivity contribution in [3.63, 3.8) is 0 Å². The zero-order valence-electron chi connectivity index (χ0n) is 11.4. The molecule has 1 atom stereocenters. The molecule has 1 fully saturated rings. The Kier molecular flexibility index (Phi) is 4.42. The average Bonchev–Trinajstić information content (AvgIpc) is 2.85. The molecule has 0 saturated carbocycles. The van der Waals surface area contributed by atoms with Crippen molar-refractivity contribution in [3.05, 3.63) is 11.1 Å². The van der Waals surface area contributed by atoms with Gasteiger partial charge in [0.1, 0.15) is 0 Å². The maximum Gasteiger partial charge on any atom is 0.303 e. The molecule has 1 aliphatic heterocycles. The van der Waals surface area contributed by atoms with Crippen molar-refractivity contribution in [3.8, 4) is 0 Å². The Morgan fingerprint density at radius 2 is 2.47 bits per heavy atom. The van der Waals surface area contributed by atoms with E-state index in [1.807, 2.05) is 5.38 Å². The highest BCUT2D eigenvalue weighted by molar-refractivity contribution is 7.13. The maximum absolute atomic E-state index is 10.6. The molecule has 0 aliphatic carbocycles. The topological polar surface area (TPSA) is 62.7 Å². The lowest BCUT2D eigenvalue weighted by atomic mass is 9.95. The van der Waals surface area contributed by atoms with E-state index in [0.717, 1.165) is 36.8 Å². The standard InChI is InChI=1S/C13H20N2O3S/c1-13(18-2)6-3-7-15(9-13)12-14-10(8-19-12)4-5-11(16)17/h8H,3-7,9H2,1-2H3,(H,16,17). The summed E-state index contributed by atoms with van der Waals surface area (Å²) in [5, 5.41) is 11.6. The Bertz CT molecular complexity index is 449. The van der Waals surface area contributed by atoms with Crippen LogP contribution >= 0.6 is 11.3 Å². The third-order valence-corrected chi connectivity index (χ3v) is 4.51. The second-order valence-corrected chi connectivity index (χ2v) is 6.03. The molecule has 0 amide bonds. The SMILES string of the molecule is COC1(C)CCCN(c2nc(CCC(=O)O)cs2)C1. The lowest BCUT2D eigenvalue weighted by Gasteiger charge is -2.39. The van der Waals surface area contributed by atoms with Crippen molar-refractivity contribution < 1.29 is 14.6 Å². The number of aryl methyl sites for hydroxylation is 1. The number of carboxylic acid groups (broad SMARTS) is 1. The van der Waals surface area contributed by atoms with Gasteiger partial charge in [-0.1, -0.05) is 0 Å². The Morgan fingerprint density at radius 1 is 1.68 bits per heavy atom. The van der Waals surface area contributed by atoms with Gasteiger partial charge in [0.15, 0.2) is 5.13 Å². The van der Waals surface area contributed by atoms with Crippen LogP contribution in [0.2, 0.25) is 0 Å². The maximum atomic E-state index is 10.6. The number of rotatable bonds is 5. The minimum absolute atomic E-state index is 0.106. The van der Waals surface area contributed by atoms with Gasteiger partial charge in [0.25, 0.3) is 0 Å². The molecule has 1 unspecified atom stereocenters. The van der Waals surface area contributed by atoms with Gasteiger partial charge in [0.2, 0.25) is 0 Å². The van der Waals surface area contributed by atoms with E-state index in [4.69, 9.17) is 9.84 Å². The number of methoxy groups -OCH3 is 1. The molecule has 0 aromatic carbocycles. The fourth-order valence-electron chi connectivity index (χ4n) is 2.33. The van der Waals surface area contributed by atoms with Crippen LogP contribution in [0.25, 0.3) is 0 Å². The zero-order chi connectivity index (χ0) is 13.9. The lowest BCUT2D eigenvalue weighted by molar-refractivity contribution is -0.136. The first-order chi connectivity index (χ1) is 9.02. The lowest BCUT2D eigenvalue weighted by Crippen LogP contribution is -2.47. The quantitative estimate of drug-likeness (QED) is 0.897. The number of anilines is 1. The van der Waals surface area contributed by atoms with E-state index in [0.29, 0.717) is 6.42 Å². The van der Waals surface area contributed by atoms with Gasteiger partial charge in [-0.3, -0.25) is 4.79 Å². The summed E-state index contributed by atoms with van der Waals surface area (Å²) in [6, 6.07) is 0. The molecule has 1 aliphatic rings. The molecule has 1 aromatic heterocycles. The molecular weight excluding hydrogens is 264 g/mol. The van der Waals surface area contributed by atoms with Crippen LogP contribution in [0.15, 0.2) is 5.38 Å². The molecule has 19 heavy (non-hydrogen) atoms. The van der Waals surface area contributed by atoms with E-state index in [1.165, 1.54) is 0 Å². The summed E-state index contributed by atoms with van der Waals surface area (Å²) in [6.07, 6.45) is 2.80. The molecule has 2 rings (SSSR count). The number of piperidine rings is 1. The van der Waals surface area contributed by atoms with E-state index in [-0.39, 0.29) is 12.0 Å². The number of thiazole rings is 1. The molecule has 1 N–H and O–H groups in total. The summed E-state index contributed by atoms with van der Waals surface area (Å²) in [5.41, 5.74) is 0.762. The van der Waals surface area contributed by atoms with Crippen molar-refractivity contribution in [2.45, 2.75) is 38.2 Å². The molecule has 6 heteroatoms. The van der Waals surface area contributed by atoms with Crippen LogP contribution < -0.4 is 4.90 Å². The molecule has 0 bridgehead atoms. The third kappa shape index (κ3) is 3.67. The second kappa shape index (κ2) is 5.88. The Labute approximate surface area is 117 Å². The fraction of sp³-hybridized carbons (Fsp3) is 0.692. The summed E-state index contributed by atoms with van der Waals surface area (Å²) in [4.78, 5) is 17.3. The normalized spacial score (nSPS) is 23.6. The van der Waals surface area contributed by atoms with Gasteiger partial charge in [-0.15, -0.1) is 11.3 Å². The average molecular weight is 284 g/mol. The predicted octanol–water partition coefficient (Wildman–Crippen LogP) is 2.17. The van der Waals surface area contributed by atoms with Crippen LogP contribution in [0.4, 0.5) is 5.13 Å². The number of carbonyl (C=O) groups is 1. The Morgan fingerprint density at radius 3 is 3.16 bits per heavy atom. The first-order valence-electron chi connectivity index (χ1n) is 6.49. The van der Waals surface area contributed by atoms with Crippen molar-refractivity contribution in [1.82, 2.24) is 4.98 Å². The molecule has 0 radical (unpaired) electrons. The van der Waals surface area contributed by atoms with Crippen LogP contribution in [-0.2, 0) is 16.0 Å². The van der Waals surface area contributed by atoms with Crippen LogP contribution in [0.1, 0.15) is 31.9 Å². The molecule has 5 nitrogen and oxygen atoms in total. The van der Waals surface area contributed by atoms with Gasteiger partial charge >= 0.3 is 5.97 Å². The van der Waals surface area contributed by atoms with Crippen LogP contribution in [0, 0.1) is 0 Å². The van der Waals surface area contributed by atoms with Crippen molar-refractivity contribution in [2.75, 3.05) is 25.1 Å². The molecular formula is C13H20N2O3S. The molecule has 106 valence electrons. The minimum Gasteiger partial charge on any atom is -0.481 e.